The summed E-state index contributed by atoms with van der Waals surface area (Å²) in [4.78, 5) is 26.4. The van der Waals surface area contributed by atoms with E-state index in [-0.39, 0.29) is 11.7 Å². The van der Waals surface area contributed by atoms with E-state index in [2.05, 4.69) is 5.10 Å². The van der Waals surface area contributed by atoms with Crippen molar-refractivity contribution < 1.29 is 22.4 Å². The normalized spacial score (nSPS) is 16.1. The van der Waals surface area contributed by atoms with Crippen LogP contribution in [0.15, 0.2) is 39.5 Å². The zero-order chi connectivity index (χ0) is 20.1. The Morgan fingerprint density at radius 2 is 1.89 bits per heavy atom. The standard InChI is InChI=1S/C18H17F3N4O3/c1-23-16(18(19,20)21)22-25(17(23)27)12-6-8-24(9-7-12)15(26)14-10-11-4-2-3-5-13(11)28-14/h2-5,10,12H,6-9H2,1H3. The predicted octanol–water partition coefficient (Wildman–Crippen LogP) is 2.82. The molecule has 1 amide bonds. The van der Waals surface area contributed by atoms with Gasteiger partial charge in [-0.1, -0.05) is 18.2 Å². The Morgan fingerprint density at radius 1 is 1.21 bits per heavy atom. The minimum absolute atomic E-state index is 0.217. The van der Waals surface area contributed by atoms with Crippen LogP contribution in [-0.4, -0.2) is 38.2 Å². The van der Waals surface area contributed by atoms with E-state index in [1.165, 1.54) is 0 Å². The highest BCUT2D eigenvalue weighted by molar-refractivity contribution is 5.96. The highest BCUT2D eigenvalue weighted by Gasteiger charge is 2.39. The average molecular weight is 394 g/mol. The fraction of sp³-hybridized carbons (Fsp3) is 0.389. The lowest BCUT2D eigenvalue weighted by Gasteiger charge is -2.31. The number of hydrogen-bond acceptors (Lipinski definition) is 4. The molecule has 0 bridgehead atoms. The van der Waals surface area contributed by atoms with Crippen LogP contribution < -0.4 is 5.69 Å². The lowest BCUT2D eigenvalue weighted by Crippen LogP contribution is -2.41. The first-order chi connectivity index (χ1) is 13.3. The summed E-state index contributed by atoms with van der Waals surface area (Å²) in [6.45, 7) is 0.593. The Balaban J connectivity index is 1.49. The molecule has 148 valence electrons. The van der Waals surface area contributed by atoms with Crippen LogP contribution in [0.2, 0.25) is 0 Å². The molecule has 0 N–H and O–H groups in total. The van der Waals surface area contributed by atoms with Crippen LogP contribution in [0.25, 0.3) is 11.0 Å². The van der Waals surface area contributed by atoms with Crippen LogP contribution in [0.4, 0.5) is 13.2 Å². The lowest BCUT2D eigenvalue weighted by atomic mass is 10.1. The van der Waals surface area contributed by atoms with Crippen LogP contribution in [0.1, 0.15) is 35.3 Å². The topological polar surface area (TPSA) is 73.3 Å². The van der Waals surface area contributed by atoms with Crippen molar-refractivity contribution in [3.63, 3.8) is 0 Å². The van der Waals surface area contributed by atoms with Gasteiger partial charge in [-0.15, -0.1) is 5.10 Å². The SMILES string of the molecule is Cn1c(C(F)(F)F)nn(C2CCN(C(=O)c3cc4ccccc4o3)CC2)c1=O. The molecule has 0 aliphatic carbocycles. The van der Waals surface area contributed by atoms with Gasteiger partial charge >= 0.3 is 11.9 Å². The van der Waals surface area contributed by atoms with Crippen LogP contribution in [-0.2, 0) is 13.2 Å². The Labute approximate surface area is 156 Å². The van der Waals surface area contributed by atoms with Crippen LogP contribution in [0.3, 0.4) is 0 Å². The lowest BCUT2D eigenvalue weighted by molar-refractivity contribution is -0.147. The Morgan fingerprint density at radius 3 is 2.50 bits per heavy atom. The maximum Gasteiger partial charge on any atom is 0.451 e. The summed E-state index contributed by atoms with van der Waals surface area (Å²) in [5.41, 5.74) is -0.199. The molecule has 1 aliphatic heterocycles. The van der Waals surface area contributed by atoms with Gasteiger partial charge in [0, 0.05) is 25.5 Å². The number of halogens is 3. The van der Waals surface area contributed by atoms with Gasteiger partial charge in [-0.3, -0.25) is 9.36 Å². The van der Waals surface area contributed by atoms with Crippen molar-refractivity contribution in [2.24, 2.45) is 7.05 Å². The number of amides is 1. The van der Waals surface area contributed by atoms with Crippen molar-refractivity contribution in [1.29, 1.82) is 0 Å². The van der Waals surface area contributed by atoms with Gasteiger partial charge < -0.3 is 9.32 Å². The fourth-order valence-corrected chi connectivity index (χ4v) is 3.50. The zero-order valence-electron chi connectivity index (χ0n) is 14.9. The second-order valence-corrected chi connectivity index (χ2v) is 6.78. The van der Waals surface area contributed by atoms with Gasteiger partial charge in [0.15, 0.2) is 5.76 Å². The van der Waals surface area contributed by atoms with Gasteiger partial charge in [-0.2, -0.15) is 13.2 Å². The molecule has 1 aromatic carbocycles. The molecule has 0 atom stereocenters. The summed E-state index contributed by atoms with van der Waals surface area (Å²) in [5.74, 6) is -1.29. The average Bonchev–Trinajstić information content (AvgIpc) is 3.23. The van der Waals surface area contributed by atoms with Crippen molar-refractivity contribution in [3.8, 4) is 0 Å². The zero-order valence-corrected chi connectivity index (χ0v) is 14.9. The molecule has 0 radical (unpaired) electrons. The molecule has 1 aliphatic rings. The molecule has 0 unspecified atom stereocenters. The van der Waals surface area contributed by atoms with Gasteiger partial charge in [-0.05, 0) is 25.0 Å². The summed E-state index contributed by atoms with van der Waals surface area (Å²) in [5, 5.41) is 4.30. The van der Waals surface area contributed by atoms with E-state index in [9.17, 15) is 22.8 Å². The van der Waals surface area contributed by atoms with Gasteiger partial charge in [0.25, 0.3) is 5.91 Å². The molecule has 7 nitrogen and oxygen atoms in total. The molecule has 1 saturated heterocycles. The first-order valence-electron chi connectivity index (χ1n) is 8.76. The summed E-state index contributed by atoms with van der Waals surface area (Å²) >= 11 is 0. The number of benzene rings is 1. The largest absolute Gasteiger partial charge is 0.451 e. The molecule has 10 heteroatoms. The molecule has 0 spiro atoms. The second-order valence-electron chi connectivity index (χ2n) is 6.78. The van der Waals surface area contributed by atoms with Gasteiger partial charge in [0.1, 0.15) is 5.58 Å². The number of furan rings is 1. The highest BCUT2D eigenvalue weighted by atomic mass is 19.4. The number of carbonyl (C=O) groups is 1. The molecule has 28 heavy (non-hydrogen) atoms. The van der Waals surface area contributed by atoms with Crippen molar-refractivity contribution >= 4 is 16.9 Å². The van der Waals surface area contributed by atoms with Crippen molar-refractivity contribution in [2.45, 2.75) is 25.1 Å². The van der Waals surface area contributed by atoms with E-state index in [0.29, 0.717) is 36.1 Å². The number of likely N-dealkylation sites (tertiary alicyclic amines) is 1. The molecule has 1 fully saturated rings. The smallest absolute Gasteiger partial charge is 0.451 e. The third kappa shape index (κ3) is 3.08. The van der Waals surface area contributed by atoms with E-state index in [1.54, 1.807) is 17.0 Å². The number of carbonyl (C=O) groups excluding carboxylic acids is 1. The molecule has 4 rings (SSSR count). The minimum Gasteiger partial charge on any atom is -0.451 e. The summed E-state index contributed by atoms with van der Waals surface area (Å²) in [6, 6.07) is 8.44. The van der Waals surface area contributed by atoms with Crippen molar-refractivity contribution in [2.75, 3.05) is 13.1 Å². The molecule has 3 aromatic rings. The van der Waals surface area contributed by atoms with Gasteiger partial charge in [0.2, 0.25) is 5.82 Å². The highest BCUT2D eigenvalue weighted by Crippen LogP contribution is 2.28. The minimum atomic E-state index is -4.70. The van der Waals surface area contributed by atoms with Gasteiger partial charge in [-0.25, -0.2) is 9.48 Å². The maximum atomic E-state index is 13.0. The maximum absolute atomic E-state index is 13.0. The Kier molecular flexibility index (Phi) is 4.28. The summed E-state index contributed by atoms with van der Waals surface area (Å²) in [6.07, 6.45) is -4.03. The predicted molar refractivity (Wildman–Crippen MR) is 92.9 cm³/mol. The molecule has 2 aromatic heterocycles. The monoisotopic (exact) mass is 394 g/mol. The number of fused-ring (bicyclic) bond motifs is 1. The number of nitrogens with zero attached hydrogens (tertiary/aromatic N) is 4. The van der Waals surface area contributed by atoms with E-state index in [1.807, 2.05) is 18.2 Å². The first kappa shape index (κ1) is 18.3. The van der Waals surface area contributed by atoms with E-state index >= 15 is 0 Å². The fourth-order valence-electron chi connectivity index (χ4n) is 3.50. The summed E-state index contributed by atoms with van der Waals surface area (Å²) in [7, 11) is 1.05. The summed E-state index contributed by atoms with van der Waals surface area (Å²) < 4.78 is 45.8. The molecular formula is C18H17F3N4O3. The molecular weight excluding hydrogens is 377 g/mol. The van der Waals surface area contributed by atoms with Crippen LogP contribution in [0, 0.1) is 0 Å². The molecule has 0 saturated carbocycles. The first-order valence-corrected chi connectivity index (χ1v) is 8.76. The van der Waals surface area contributed by atoms with E-state index in [4.69, 9.17) is 4.42 Å². The van der Waals surface area contributed by atoms with Crippen molar-refractivity contribution in [1.82, 2.24) is 19.2 Å². The van der Waals surface area contributed by atoms with Crippen LogP contribution >= 0.6 is 0 Å². The van der Waals surface area contributed by atoms with E-state index < -0.39 is 23.7 Å². The number of hydrogen-bond donors (Lipinski definition) is 0. The Bertz CT molecular complexity index is 1050. The van der Waals surface area contributed by atoms with Gasteiger partial charge in [0.05, 0.1) is 6.04 Å². The third-order valence-electron chi connectivity index (χ3n) is 4.99. The number of piperidine rings is 1. The van der Waals surface area contributed by atoms with E-state index in [0.717, 1.165) is 17.1 Å². The Hall–Kier alpha value is -3.04. The van der Waals surface area contributed by atoms with Crippen LogP contribution in [0.5, 0.6) is 0 Å². The number of rotatable bonds is 2. The third-order valence-corrected chi connectivity index (χ3v) is 4.99. The number of para-hydroxylation sites is 1. The second kappa shape index (κ2) is 6.54. The quantitative estimate of drug-likeness (QED) is 0.670. The number of aromatic nitrogens is 3. The number of alkyl halides is 3. The molecule has 3 heterocycles. The van der Waals surface area contributed by atoms with Crippen molar-refractivity contribution in [3.05, 3.63) is 52.4 Å².